The highest BCUT2D eigenvalue weighted by Gasteiger charge is 2.27. The second-order valence-corrected chi connectivity index (χ2v) is 9.58. The average molecular weight is 525 g/mol. The molecule has 33 heavy (non-hydrogen) atoms. The summed E-state index contributed by atoms with van der Waals surface area (Å²) in [6.45, 7) is 5.99. The van der Waals surface area contributed by atoms with Crippen LogP contribution in [0.15, 0.2) is 58.4 Å². The zero-order chi connectivity index (χ0) is 23.2. The van der Waals surface area contributed by atoms with Crippen LogP contribution in [0.2, 0.25) is 0 Å². The van der Waals surface area contributed by atoms with E-state index in [1.807, 2.05) is 54.8 Å². The van der Waals surface area contributed by atoms with E-state index >= 15 is 0 Å². The molecule has 6 nitrogen and oxygen atoms in total. The number of carbonyl (C=O) groups excluding carboxylic acids is 1. The van der Waals surface area contributed by atoms with E-state index in [0.717, 1.165) is 53.3 Å². The minimum Gasteiger partial charge on any atom is -0.492 e. The van der Waals surface area contributed by atoms with E-state index in [2.05, 4.69) is 42.8 Å². The molecule has 0 unspecified atom stereocenters. The maximum absolute atomic E-state index is 13.0. The van der Waals surface area contributed by atoms with Crippen molar-refractivity contribution < 1.29 is 9.53 Å². The number of benzene rings is 2. The minimum atomic E-state index is -0.837. The van der Waals surface area contributed by atoms with E-state index < -0.39 is 5.92 Å². The average Bonchev–Trinajstić information content (AvgIpc) is 3.31. The van der Waals surface area contributed by atoms with Crippen LogP contribution in [0.5, 0.6) is 5.75 Å². The number of ether oxygens (including phenoxy) is 1. The van der Waals surface area contributed by atoms with Crippen molar-refractivity contribution in [1.29, 1.82) is 5.26 Å². The van der Waals surface area contributed by atoms with Crippen molar-refractivity contribution in [1.82, 2.24) is 9.88 Å². The van der Waals surface area contributed by atoms with Crippen LogP contribution in [0.3, 0.4) is 0 Å². The van der Waals surface area contributed by atoms with E-state index in [1.165, 1.54) is 11.3 Å². The van der Waals surface area contributed by atoms with E-state index in [0.29, 0.717) is 11.6 Å². The Kier molecular flexibility index (Phi) is 7.76. The molecule has 2 heterocycles. The lowest BCUT2D eigenvalue weighted by atomic mass is 10.1. The van der Waals surface area contributed by atoms with Crippen LogP contribution >= 0.6 is 27.3 Å². The van der Waals surface area contributed by atoms with Gasteiger partial charge in [-0.05, 0) is 31.2 Å². The first kappa shape index (κ1) is 23.4. The first-order chi connectivity index (χ1) is 16.1. The SMILES string of the molecule is CCOc1ccccc1N1CCN(CC(=O)[C@H](C#N)c2nc(-c3ccc(Br)cc3)cs2)CC1. The van der Waals surface area contributed by atoms with Crippen LogP contribution in [0.1, 0.15) is 17.8 Å². The number of nitriles is 1. The molecule has 1 saturated heterocycles. The van der Waals surface area contributed by atoms with E-state index in [-0.39, 0.29) is 12.3 Å². The van der Waals surface area contributed by atoms with Gasteiger partial charge in [0.15, 0.2) is 11.7 Å². The van der Waals surface area contributed by atoms with Crippen molar-refractivity contribution in [3.8, 4) is 23.1 Å². The molecule has 1 aromatic heterocycles. The third-order valence-electron chi connectivity index (χ3n) is 5.62. The van der Waals surface area contributed by atoms with Crippen molar-refractivity contribution in [2.24, 2.45) is 0 Å². The van der Waals surface area contributed by atoms with Gasteiger partial charge in [-0.15, -0.1) is 11.3 Å². The largest absolute Gasteiger partial charge is 0.492 e. The highest BCUT2D eigenvalue weighted by Crippen LogP contribution is 2.30. The van der Waals surface area contributed by atoms with Crippen LogP contribution in [-0.4, -0.2) is 55.0 Å². The predicted octanol–water partition coefficient (Wildman–Crippen LogP) is 4.97. The van der Waals surface area contributed by atoms with Gasteiger partial charge in [-0.25, -0.2) is 4.98 Å². The number of hydrogen-bond acceptors (Lipinski definition) is 7. The Morgan fingerprint density at radius 2 is 1.91 bits per heavy atom. The number of ketones is 1. The summed E-state index contributed by atoms with van der Waals surface area (Å²) >= 11 is 4.80. The summed E-state index contributed by atoms with van der Waals surface area (Å²) in [5.41, 5.74) is 2.84. The topological polar surface area (TPSA) is 69.5 Å². The summed E-state index contributed by atoms with van der Waals surface area (Å²) in [4.78, 5) is 22.0. The van der Waals surface area contributed by atoms with Crippen LogP contribution in [0.4, 0.5) is 5.69 Å². The maximum Gasteiger partial charge on any atom is 0.170 e. The number of thiazole rings is 1. The monoisotopic (exact) mass is 524 g/mol. The predicted molar refractivity (Wildman–Crippen MR) is 135 cm³/mol. The minimum absolute atomic E-state index is 0.0997. The number of aromatic nitrogens is 1. The van der Waals surface area contributed by atoms with Gasteiger partial charge >= 0.3 is 0 Å². The zero-order valence-electron chi connectivity index (χ0n) is 18.4. The van der Waals surface area contributed by atoms with Crippen LogP contribution in [0, 0.1) is 11.3 Å². The van der Waals surface area contributed by atoms with Crippen molar-refractivity contribution in [2.45, 2.75) is 12.8 Å². The highest BCUT2D eigenvalue weighted by molar-refractivity contribution is 9.10. The molecule has 0 bridgehead atoms. The quantitative estimate of drug-likeness (QED) is 0.414. The number of halogens is 1. The van der Waals surface area contributed by atoms with Gasteiger partial charge in [-0.2, -0.15) is 5.26 Å². The molecule has 4 rings (SSSR count). The lowest BCUT2D eigenvalue weighted by Crippen LogP contribution is -2.48. The molecule has 0 radical (unpaired) electrons. The van der Waals surface area contributed by atoms with Crippen molar-refractivity contribution >= 4 is 38.7 Å². The normalized spacial score (nSPS) is 15.1. The fourth-order valence-electron chi connectivity index (χ4n) is 3.89. The van der Waals surface area contributed by atoms with Gasteiger partial charge in [0.1, 0.15) is 10.8 Å². The number of hydrogen-bond donors (Lipinski definition) is 0. The van der Waals surface area contributed by atoms with Gasteiger partial charge in [-0.1, -0.05) is 40.2 Å². The molecule has 1 atom stereocenters. The lowest BCUT2D eigenvalue weighted by molar-refractivity contribution is -0.120. The van der Waals surface area contributed by atoms with Gasteiger partial charge in [0.2, 0.25) is 0 Å². The molecule has 0 saturated carbocycles. The van der Waals surface area contributed by atoms with Gasteiger partial charge in [0.05, 0.1) is 30.6 Å². The standard InChI is InChI=1S/C25H25BrN4O2S/c1-2-32-24-6-4-3-5-22(24)30-13-11-29(12-14-30)16-23(31)20(15-27)25-28-21(17-33-25)18-7-9-19(26)10-8-18/h3-10,17,20H,2,11-14,16H2,1H3/t20-/m0/s1. The van der Waals surface area contributed by atoms with Crippen molar-refractivity contribution in [3.05, 3.63) is 63.4 Å². The summed E-state index contributed by atoms with van der Waals surface area (Å²) in [6, 6.07) is 18.1. The van der Waals surface area contributed by atoms with E-state index in [4.69, 9.17) is 4.74 Å². The number of rotatable bonds is 8. The van der Waals surface area contributed by atoms with Gasteiger partial charge in [0, 0.05) is 41.6 Å². The molecule has 2 aromatic carbocycles. The molecule has 0 amide bonds. The molecule has 1 aliphatic heterocycles. The Morgan fingerprint density at radius 1 is 1.18 bits per heavy atom. The number of anilines is 1. The summed E-state index contributed by atoms with van der Waals surface area (Å²) in [5, 5.41) is 12.2. The Hall–Kier alpha value is -2.73. The fourth-order valence-corrected chi connectivity index (χ4v) is 5.05. The second-order valence-electron chi connectivity index (χ2n) is 7.77. The van der Waals surface area contributed by atoms with Crippen molar-refractivity contribution in [3.63, 3.8) is 0 Å². The van der Waals surface area contributed by atoms with Gasteiger partial charge < -0.3 is 9.64 Å². The number of Topliss-reactive ketones (excluding diaryl/α,β-unsaturated/α-hetero) is 1. The first-order valence-electron chi connectivity index (χ1n) is 10.9. The lowest BCUT2D eigenvalue weighted by Gasteiger charge is -2.36. The summed E-state index contributed by atoms with van der Waals surface area (Å²) in [7, 11) is 0. The van der Waals surface area contributed by atoms with Gasteiger partial charge in [0.25, 0.3) is 0 Å². The number of piperazine rings is 1. The third kappa shape index (κ3) is 5.61. The molecule has 8 heteroatoms. The summed E-state index contributed by atoms with van der Waals surface area (Å²) < 4.78 is 6.76. The molecule has 3 aromatic rings. The van der Waals surface area contributed by atoms with Crippen LogP contribution < -0.4 is 9.64 Å². The Labute approximate surface area is 206 Å². The highest BCUT2D eigenvalue weighted by atomic mass is 79.9. The molecule has 170 valence electrons. The van der Waals surface area contributed by atoms with E-state index in [9.17, 15) is 10.1 Å². The van der Waals surface area contributed by atoms with Crippen molar-refractivity contribution in [2.75, 3.05) is 44.2 Å². The smallest absolute Gasteiger partial charge is 0.170 e. The third-order valence-corrected chi connectivity index (χ3v) is 7.06. The summed E-state index contributed by atoms with van der Waals surface area (Å²) in [5.74, 6) is -0.0484. The Balaban J connectivity index is 1.37. The number of para-hydroxylation sites is 2. The molecule has 0 N–H and O–H groups in total. The first-order valence-corrected chi connectivity index (χ1v) is 12.6. The molecule has 0 spiro atoms. The Morgan fingerprint density at radius 3 is 2.61 bits per heavy atom. The fraction of sp³-hybridized carbons (Fsp3) is 0.320. The molecule has 1 fully saturated rings. The summed E-state index contributed by atoms with van der Waals surface area (Å²) in [6.07, 6.45) is 0. The van der Waals surface area contributed by atoms with Crippen LogP contribution in [0.25, 0.3) is 11.3 Å². The molecular formula is C25H25BrN4O2S. The second kappa shape index (κ2) is 10.9. The zero-order valence-corrected chi connectivity index (χ0v) is 20.8. The molecular weight excluding hydrogens is 500 g/mol. The van der Waals surface area contributed by atoms with E-state index in [1.54, 1.807) is 0 Å². The van der Waals surface area contributed by atoms with Gasteiger partial charge in [-0.3, -0.25) is 9.69 Å². The number of carbonyl (C=O) groups is 1. The van der Waals surface area contributed by atoms with Crippen LogP contribution in [-0.2, 0) is 4.79 Å². The maximum atomic E-state index is 13.0. The molecule has 0 aliphatic carbocycles. The molecule has 1 aliphatic rings. The Bertz CT molecular complexity index is 1130. The number of nitrogens with zero attached hydrogens (tertiary/aromatic N) is 4.